The molecule has 0 radical (unpaired) electrons. The molecule has 0 aromatic heterocycles. The van der Waals surface area contributed by atoms with Crippen LogP contribution in [0.25, 0.3) is 11.1 Å². The van der Waals surface area contributed by atoms with Crippen molar-refractivity contribution in [3.63, 3.8) is 0 Å². The molecule has 5 nitrogen and oxygen atoms in total. The second kappa shape index (κ2) is 11.7. The van der Waals surface area contributed by atoms with Gasteiger partial charge in [-0.3, -0.25) is 9.59 Å². The summed E-state index contributed by atoms with van der Waals surface area (Å²) in [7, 11) is 0. The normalized spacial score (nSPS) is 11.7. The number of phenolic OH excluding ortho intramolecular Hbond substituents is 1. The highest BCUT2D eigenvalue weighted by molar-refractivity contribution is 5.99. The first-order chi connectivity index (χ1) is 18.2. The van der Waals surface area contributed by atoms with Crippen LogP contribution in [0.4, 0.5) is 14.5 Å². The van der Waals surface area contributed by atoms with Gasteiger partial charge in [0.1, 0.15) is 5.82 Å². The summed E-state index contributed by atoms with van der Waals surface area (Å²) in [6.45, 7) is 1.52. The molecule has 0 spiro atoms. The van der Waals surface area contributed by atoms with E-state index in [1.807, 2.05) is 54.6 Å². The molecule has 0 amide bonds. The topological polar surface area (TPSA) is 86.6 Å². The molecule has 0 aliphatic heterocycles. The Hall–Kier alpha value is -4.52. The average Bonchev–Trinajstić information content (AvgIpc) is 2.92. The molecule has 0 fully saturated rings. The summed E-state index contributed by atoms with van der Waals surface area (Å²) in [5.41, 5.74) is 4.05. The van der Waals surface area contributed by atoms with Gasteiger partial charge in [-0.05, 0) is 53.8 Å². The van der Waals surface area contributed by atoms with Gasteiger partial charge in [0.2, 0.25) is 0 Å². The van der Waals surface area contributed by atoms with Gasteiger partial charge in [-0.1, -0.05) is 66.7 Å². The van der Waals surface area contributed by atoms with E-state index in [1.54, 1.807) is 25.1 Å². The molecule has 1 atom stereocenters. The third kappa shape index (κ3) is 6.24. The number of rotatable bonds is 10. The fourth-order valence-electron chi connectivity index (χ4n) is 4.25. The van der Waals surface area contributed by atoms with Crippen molar-refractivity contribution in [2.75, 3.05) is 5.32 Å². The molecule has 194 valence electrons. The lowest BCUT2D eigenvalue weighted by Gasteiger charge is -2.15. The molecule has 4 rings (SSSR count). The lowest BCUT2D eigenvalue weighted by molar-refractivity contribution is -0.141. The first-order valence-electron chi connectivity index (χ1n) is 12.1. The number of Topliss-reactive ketones (excluding diaryl/α,β-unsaturated/α-hetero) is 1. The largest absolute Gasteiger partial charge is 0.505 e. The van der Waals surface area contributed by atoms with Crippen LogP contribution in [0.1, 0.15) is 33.5 Å². The van der Waals surface area contributed by atoms with Crippen LogP contribution in [0.3, 0.4) is 0 Å². The van der Waals surface area contributed by atoms with Crippen molar-refractivity contribution in [2.45, 2.75) is 26.3 Å². The van der Waals surface area contributed by atoms with E-state index in [2.05, 4.69) is 5.32 Å². The van der Waals surface area contributed by atoms with Gasteiger partial charge in [-0.2, -0.15) is 0 Å². The van der Waals surface area contributed by atoms with E-state index >= 15 is 0 Å². The van der Waals surface area contributed by atoms with E-state index in [9.17, 15) is 28.6 Å². The molecule has 0 unspecified atom stereocenters. The van der Waals surface area contributed by atoms with Crippen molar-refractivity contribution in [3.05, 3.63) is 119 Å². The van der Waals surface area contributed by atoms with Crippen LogP contribution >= 0.6 is 0 Å². The van der Waals surface area contributed by atoms with E-state index in [4.69, 9.17) is 0 Å². The number of nitrogens with one attached hydrogen (secondary N) is 1. The molecular weight excluding hydrogens is 488 g/mol. The number of halogens is 2. The van der Waals surface area contributed by atoms with Gasteiger partial charge >= 0.3 is 5.97 Å². The number of hydrogen-bond donors (Lipinski definition) is 3. The van der Waals surface area contributed by atoms with Crippen molar-refractivity contribution in [3.8, 4) is 16.9 Å². The van der Waals surface area contributed by atoms with E-state index in [0.29, 0.717) is 11.3 Å². The molecule has 38 heavy (non-hydrogen) atoms. The number of aliphatic carboxylic acids is 1. The molecule has 0 saturated carbocycles. The van der Waals surface area contributed by atoms with Crippen LogP contribution in [0.5, 0.6) is 5.75 Å². The van der Waals surface area contributed by atoms with Crippen LogP contribution in [0.15, 0.2) is 84.9 Å². The van der Waals surface area contributed by atoms with Crippen LogP contribution in [0, 0.1) is 24.5 Å². The van der Waals surface area contributed by atoms with Gasteiger partial charge < -0.3 is 15.5 Å². The Kier molecular flexibility index (Phi) is 8.16. The molecule has 0 aliphatic rings. The molecule has 0 saturated heterocycles. The average molecular weight is 516 g/mol. The standard InChI is InChI=1S/C31H27F2NO4/c1-19-7-10-23(16-27(19)34-18-25-26(32)13-14-28(35)30(25)33)29(36)17-24(31(37)38)15-20-8-11-22(12-9-20)21-5-3-2-4-6-21/h2-14,16,24,34-35H,15,17-18H2,1H3,(H,37,38)/t24-/m1/s1. The smallest absolute Gasteiger partial charge is 0.307 e. The Morgan fingerprint density at radius 2 is 1.58 bits per heavy atom. The van der Waals surface area contributed by atoms with Gasteiger partial charge in [0.15, 0.2) is 17.3 Å². The number of phenols is 1. The Morgan fingerprint density at radius 1 is 0.895 bits per heavy atom. The molecule has 7 heteroatoms. The van der Waals surface area contributed by atoms with Gasteiger partial charge in [0.05, 0.1) is 5.92 Å². The van der Waals surface area contributed by atoms with Gasteiger partial charge in [-0.25, -0.2) is 8.78 Å². The molecule has 4 aromatic rings. The first-order valence-corrected chi connectivity index (χ1v) is 12.1. The zero-order valence-corrected chi connectivity index (χ0v) is 20.7. The highest BCUT2D eigenvalue weighted by Gasteiger charge is 2.23. The van der Waals surface area contributed by atoms with Crippen molar-refractivity contribution < 1.29 is 28.6 Å². The summed E-state index contributed by atoms with van der Waals surface area (Å²) in [6.07, 6.45) is -0.00273. The number of aryl methyl sites for hydroxylation is 1. The van der Waals surface area contributed by atoms with Crippen molar-refractivity contribution in [2.24, 2.45) is 5.92 Å². The summed E-state index contributed by atoms with van der Waals surface area (Å²) in [5.74, 6) is -4.85. The Bertz CT molecular complexity index is 1450. The van der Waals surface area contributed by atoms with E-state index in [1.165, 1.54) is 0 Å². The lowest BCUT2D eigenvalue weighted by atomic mass is 9.91. The van der Waals surface area contributed by atoms with E-state index in [-0.39, 0.29) is 30.7 Å². The van der Waals surface area contributed by atoms with E-state index in [0.717, 1.165) is 34.4 Å². The number of carbonyl (C=O) groups is 2. The zero-order valence-electron chi connectivity index (χ0n) is 20.7. The minimum absolute atomic E-state index is 0.198. The lowest BCUT2D eigenvalue weighted by Crippen LogP contribution is -2.20. The second-order valence-corrected chi connectivity index (χ2v) is 9.17. The number of aromatic hydroxyl groups is 1. The molecule has 0 heterocycles. The monoisotopic (exact) mass is 515 g/mol. The summed E-state index contributed by atoms with van der Waals surface area (Å²) >= 11 is 0. The Morgan fingerprint density at radius 3 is 2.26 bits per heavy atom. The zero-order chi connectivity index (χ0) is 27.2. The Labute approximate surface area is 219 Å². The highest BCUT2D eigenvalue weighted by atomic mass is 19.1. The predicted octanol–water partition coefficient (Wildman–Crippen LogP) is 6.77. The third-order valence-corrected chi connectivity index (χ3v) is 6.51. The number of ketones is 1. The van der Waals surface area contributed by atoms with Crippen LogP contribution in [-0.2, 0) is 17.8 Å². The molecule has 0 bridgehead atoms. The van der Waals surface area contributed by atoms with Crippen molar-refractivity contribution in [1.82, 2.24) is 0 Å². The summed E-state index contributed by atoms with van der Waals surface area (Å²) in [5, 5.41) is 22.2. The predicted molar refractivity (Wildman–Crippen MR) is 142 cm³/mol. The molecule has 0 aliphatic carbocycles. The Balaban J connectivity index is 1.45. The number of hydrogen-bond acceptors (Lipinski definition) is 4. The van der Waals surface area contributed by atoms with Crippen LogP contribution in [0.2, 0.25) is 0 Å². The fourth-order valence-corrected chi connectivity index (χ4v) is 4.25. The van der Waals surface area contributed by atoms with Crippen LogP contribution < -0.4 is 5.32 Å². The number of benzene rings is 4. The van der Waals surface area contributed by atoms with Gasteiger partial charge in [-0.15, -0.1) is 0 Å². The SMILES string of the molecule is Cc1ccc(C(=O)C[C@@H](Cc2ccc(-c3ccccc3)cc2)C(=O)O)cc1NCc1c(F)ccc(O)c1F. The maximum Gasteiger partial charge on any atom is 0.307 e. The minimum Gasteiger partial charge on any atom is -0.505 e. The second-order valence-electron chi connectivity index (χ2n) is 9.17. The molecular formula is C31H27F2NO4. The van der Waals surface area contributed by atoms with Crippen LogP contribution in [-0.4, -0.2) is 22.0 Å². The quantitative estimate of drug-likeness (QED) is 0.203. The maximum atomic E-state index is 14.1. The number of carboxylic acid groups (broad SMARTS) is 1. The molecule has 4 aromatic carbocycles. The maximum absolute atomic E-state index is 14.1. The fraction of sp³-hybridized carbons (Fsp3) is 0.161. The summed E-state index contributed by atoms with van der Waals surface area (Å²) in [4.78, 5) is 25.0. The third-order valence-electron chi connectivity index (χ3n) is 6.51. The van der Waals surface area contributed by atoms with Gasteiger partial charge in [0.25, 0.3) is 0 Å². The summed E-state index contributed by atoms with van der Waals surface area (Å²) < 4.78 is 28.2. The summed E-state index contributed by atoms with van der Waals surface area (Å²) in [6, 6.07) is 24.2. The number of carbonyl (C=O) groups excluding carboxylic acids is 1. The number of anilines is 1. The van der Waals surface area contributed by atoms with E-state index < -0.39 is 29.3 Å². The van der Waals surface area contributed by atoms with Crippen molar-refractivity contribution in [1.29, 1.82) is 0 Å². The number of carboxylic acids is 1. The van der Waals surface area contributed by atoms with Gasteiger partial charge in [0, 0.05) is 29.8 Å². The van der Waals surface area contributed by atoms with Crippen molar-refractivity contribution >= 4 is 17.4 Å². The molecule has 3 N–H and O–H groups in total. The first kappa shape index (κ1) is 26.5. The highest BCUT2D eigenvalue weighted by Crippen LogP contribution is 2.26. The minimum atomic E-state index is -1.06.